The molecule has 3 aromatic rings. The van der Waals surface area contributed by atoms with Crippen LogP contribution in [-0.2, 0) is 0 Å². The number of hydrogen-bond donors (Lipinski definition) is 4. The summed E-state index contributed by atoms with van der Waals surface area (Å²) >= 11 is 0. The van der Waals surface area contributed by atoms with Gasteiger partial charge in [0.05, 0.1) is 36.2 Å². The summed E-state index contributed by atoms with van der Waals surface area (Å²) in [6.45, 7) is 1.17. The Hall–Kier alpha value is -3.50. The number of nitrogens with two attached hydrogens (primary N) is 1. The zero-order valence-corrected chi connectivity index (χ0v) is 19.6. The number of aliphatic hydroxyl groups is 2. The number of anilines is 1. The standard InChI is InChI=1S/C26H27F3N4O3/c1-13-6-16(8-17(27)7-13)22(12-34)33-26(36)18-4-2-15(10-19(18)28)24-25(30)31-11-21(32-24)14-3-5-23(35)20(29)9-14/h2,4,6-8,10-11,14,20,22-23,34-35H,3,5,9,12H2,1H3,(H2,30,31)(H,33,36)/t14-,20-,22+,23+/m0/s1. The Morgan fingerprint density at radius 1 is 1.22 bits per heavy atom. The molecular weight excluding hydrogens is 473 g/mol. The van der Waals surface area contributed by atoms with Crippen molar-refractivity contribution in [2.75, 3.05) is 12.3 Å². The van der Waals surface area contributed by atoms with Gasteiger partial charge in [-0.3, -0.25) is 4.79 Å². The number of alkyl halides is 1. The van der Waals surface area contributed by atoms with E-state index in [9.17, 15) is 23.8 Å². The van der Waals surface area contributed by atoms with E-state index in [1.807, 2.05) is 0 Å². The molecule has 0 unspecified atom stereocenters. The van der Waals surface area contributed by atoms with Crippen molar-refractivity contribution in [3.63, 3.8) is 0 Å². The molecule has 7 nitrogen and oxygen atoms in total. The summed E-state index contributed by atoms with van der Waals surface area (Å²) in [6.07, 6.45) is 0.0322. The molecule has 0 bridgehead atoms. The van der Waals surface area contributed by atoms with Gasteiger partial charge in [0.25, 0.3) is 5.91 Å². The van der Waals surface area contributed by atoms with Crippen LogP contribution in [0.25, 0.3) is 11.3 Å². The number of halogens is 3. The number of carbonyl (C=O) groups is 1. The van der Waals surface area contributed by atoms with Crippen molar-refractivity contribution in [1.29, 1.82) is 0 Å². The first kappa shape index (κ1) is 25.6. The molecule has 1 fully saturated rings. The highest BCUT2D eigenvalue weighted by atomic mass is 19.1. The van der Waals surface area contributed by atoms with Crippen LogP contribution in [0.15, 0.2) is 42.6 Å². The number of nitrogen functional groups attached to an aromatic ring is 1. The average Bonchev–Trinajstić information content (AvgIpc) is 2.83. The Morgan fingerprint density at radius 3 is 2.67 bits per heavy atom. The van der Waals surface area contributed by atoms with Gasteiger partial charge in [-0.1, -0.05) is 12.1 Å². The van der Waals surface area contributed by atoms with Gasteiger partial charge in [0.15, 0.2) is 0 Å². The number of hydrogen-bond acceptors (Lipinski definition) is 6. The summed E-state index contributed by atoms with van der Waals surface area (Å²) in [5.41, 5.74) is 7.63. The smallest absolute Gasteiger partial charge is 0.254 e. The first-order valence-corrected chi connectivity index (χ1v) is 11.6. The number of aliphatic hydroxyl groups excluding tert-OH is 2. The summed E-state index contributed by atoms with van der Waals surface area (Å²) < 4.78 is 42.8. The molecule has 5 N–H and O–H groups in total. The maximum Gasteiger partial charge on any atom is 0.254 e. The first-order chi connectivity index (χ1) is 17.2. The quantitative estimate of drug-likeness (QED) is 0.409. The third-order valence-corrected chi connectivity index (χ3v) is 6.42. The highest BCUT2D eigenvalue weighted by Crippen LogP contribution is 2.35. The number of carbonyl (C=O) groups excluding carboxylic acids is 1. The van der Waals surface area contributed by atoms with Crippen LogP contribution < -0.4 is 11.1 Å². The highest BCUT2D eigenvalue weighted by molar-refractivity contribution is 5.95. The van der Waals surface area contributed by atoms with E-state index in [1.54, 1.807) is 13.0 Å². The molecule has 4 atom stereocenters. The third-order valence-electron chi connectivity index (χ3n) is 6.42. The third kappa shape index (κ3) is 5.50. The van der Waals surface area contributed by atoms with Crippen molar-refractivity contribution >= 4 is 11.7 Å². The molecule has 1 aliphatic rings. The molecule has 1 aliphatic carbocycles. The normalized spacial score (nSPS) is 20.7. The van der Waals surface area contributed by atoms with Crippen molar-refractivity contribution < 1.29 is 28.2 Å². The second kappa shape index (κ2) is 10.6. The van der Waals surface area contributed by atoms with E-state index in [0.29, 0.717) is 29.7 Å². The van der Waals surface area contributed by atoms with Gasteiger partial charge in [-0.05, 0) is 61.6 Å². The zero-order chi connectivity index (χ0) is 26.0. The van der Waals surface area contributed by atoms with Gasteiger partial charge in [0.2, 0.25) is 0 Å². The van der Waals surface area contributed by atoms with E-state index >= 15 is 4.39 Å². The topological polar surface area (TPSA) is 121 Å². The van der Waals surface area contributed by atoms with Crippen LogP contribution in [0.3, 0.4) is 0 Å². The minimum atomic E-state index is -1.36. The summed E-state index contributed by atoms with van der Waals surface area (Å²) in [5, 5.41) is 21.9. The van der Waals surface area contributed by atoms with Crippen LogP contribution in [-0.4, -0.2) is 45.0 Å². The number of nitrogens with zero attached hydrogens (tertiary/aromatic N) is 2. The second-order valence-corrected chi connectivity index (χ2v) is 9.09. The van der Waals surface area contributed by atoms with E-state index in [-0.39, 0.29) is 35.0 Å². The fraction of sp³-hybridized carbons (Fsp3) is 0.346. The molecule has 36 heavy (non-hydrogen) atoms. The Balaban J connectivity index is 1.56. The lowest BCUT2D eigenvalue weighted by Gasteiger charge is -2.28. The van der Waals surface area contributed by atoms with Crippen molar-refractivity contribution in [2.45, 2.75) is 50.4 Å². The van der Waals surface area contributed by atoms with E-state index in [0.717, 1.165) is 6.07 Å². The Morgan fingerprint density at radius 2 is 2.00 bits per heavy atom. The molecule has 1 heterocycles. The molecule has 0 saturated heterocycles. The van der Waals surface area contributed by atoms with E-state index in [4.69, 9.17) is 5.73 Å². The predicted molar refractivity (Wildman–Crippen MR) is 128 cm³/mol. The van der Waals surface area contributed by atoms with Crippen molar-refractivity contribution in [3.05, 3.63) is 76.6 Å². The molecule has 0 spiro atoms. The van der Waals surface area contributed by atoms with Gasteiger partial charge < -0.3 is 21.3 Å². The number of nitrogens with one attached hydrogen (secondary N) is 1. The Bertz CT molecular complexity index is 1250. The van der Waals surface area contributed by atoms with Gasteiger partial charge in [-0.25, -0.2) is 23.1 Å². The molecule has 0 aliphatic heterocycles. The minimum absolute atomic E-state index is 0.0461. The van der Waals surface area contributed by atoms with Crippen LogP contribution >= 0.6 is 0 Å². The van der Waals surface area contributed by atoms with Crippen LogP contribution in [0.5, 0.6) is 0 Å². The summed E-state index contributed by atoms with van der Waals surface area (Å²) in [7, 11) is 0. The van der Waals surface area contributed by atoms with E-state index in [1.165, 1.54) is 30.5 Å². The predicted octanol–water partition coefficient (Wildman–Crippen LogP) is 3.74. The number of aryl methyl sites for hydroxylation is 1. The molecule has 1 saturated carbocycles. The SMILES string of the molecule is Cc1cc(F)cc([C@@H](CO)NC(=O)c2ccc(-c3nc([C@H]4CC[C@@H](O)[C@@H](F)C4)cnc3N)cc2F)c1. The summed E-state index contributed by atoms with van der Waals surface area (Å²) in [5.74, 6) is -2.37. The van der Waals surface area contributed by atoms with Crippen molar-refractivity contribution in [3.8, 4) is 11.3 Å². The average molecular weight is 501 g/mol. The zero-order valence-electron chi connectivity index (χ0n) is 19.6. The monoisotopic (exact) mass is 500 g/mol. The molecule has 0 radical (unpaired) electrons. The van der Waals surface area contributed by atoms with Crippen LogP contribution in [0.2, 0.25) is 0 Å². The van der Waals surface area contributed by atoms with Gasteiger partial charge >= 0.3 is 0 Å². The number of benzene rings is 2. The van der Waals surface area contributed by atoms with Crippen LogP contribution in [0.1, 0.15) is 58.4 Å². The van der Waals surface area contributed by atoms with Crippen molar-refractivity contribution in [1.82, 2.24) is 15.3 Å². The summed E-state index contributed by atoms with van der Waals surface area (Å²) in [4.78, 5) is 21.4. The van der Waals surface area contributed by atoms with E-state index < -0.39 is 42.5 Å². The van der Waals surface area contributed by atoms with Crippen LogP contribution in [0.4, 0.5) is 19.0 Å². The fourth-order valence-electron chi connectivity index (χ4n) is 4.47. The largest absolute Gasteiger partial charge is 0.394 e. The molecule has 2 aromatic carbocycles. The maximum absolute atomic E-state index is 15.0. The number of aromatic nitrogens is 2. The second-order valence-electron chi connectivity index (χ2n) is 9.09. The molecule has 1 amide bonds. The van der Waals surface area contributed by atoms with E-state index in [2.05, 4.69) is 15.3 Å². The minimum Gasteiger partial charge on any atom is -0.394 e. The van der Waals surface area contributed by atoms with Crippen LogP contribution in [0, 0.1) is 18.6 Å². The number of rotatable bonds is 6. The van der Waals surface area contributed by atoms with Crippen molar-refractivity contribution in [2.24, 2.45) is 0 Å². The molecule has 190 valence electrons. The lowest BCUT2D eigenvalue weighted by molar-refractivity contribution is 0.0363. The fourth-order valence-corrected chi connectivity index (χ4v) is 4.47. The Kier molecular flexibility index (Phi) is 7.56. The van der Waals surface area contributed by atoms with Gasteiger partial charge in [-0.15, -0.1) is 0 Å². The number of amides is 1. The van der Waals surface area contributed by atoms with Gasteiger partial charge in [0.1, 0.15) is 29.3 Å². The van der Waals surface area contributed by atoms with Gasteiger partial charge in [0, 0.05) is 11.5 Å². The molecule has 1 aromatic heterocycles. The molecule has 10 heteroatoms. The molecule has 4 rings (SSSR count). The highest BCUT2D eigenvalue weighted by Gasteiger charge is 2.31. The first-order valence-electron chi connectivity index (χ1n) is 11.6. The Labute approximate surface area is 206 Å². The lowest BCUT2D eigenvalue weighted by Crippen LogP contribution is -2.31. The molecular formula is C26H27F3N4O3. The lowest BCUT2D eigenvalue weighted by atomic mass is 9.84. The maximum atomic E-state index is 15.0. The van der Waals surface area contributed by atoms with Gasteiger partial charge in [-0.2, -0.15) is 0 Å². The summed E-state index contributed by atoms with van der Waals surface area (Å²) in [6, 6.07) is 7.02.